The highest BCUT2D eigenvalue weighted by atomic mass is 16.5. The second-order valence-electron chi connectivity index (χ2n) is 7.29. The molecule has 9 nitrogen and oxygen atoms in total. The van der Waals surface area contributed by atoms with E-state index >= 15 is 0 Å². The van der Waals surface area contributed by atoms with Crippen LogP contribution in [0, 0.1) is 0 Å². The standard InChI is InChI=1S/C19H21N7O2/c1-25-17-4-7-26(19(27)15-8-14(22-23-15)12-2-3-12)10-13(17)16(24-25)11-28-18-9-20-5-6-21-18/h5-6,8-9,12H,2-4,7,10-11H2,1H3,(H,22,23). The van der Waals surface area contributed by atoms with Gasteiger partial charge in [0.05, 0.1) is 6.20 Å². The van der Waals surface area contributed by atoms with Crippen molar-refractivity contribution in [3.8, 4) is 5.88 Å². The molecule has 144 valence electrons. The van der Waals surface area contributed by atoms with Crippen molar-refractivity contribution in [2.24, 2.45) is 7.05 Å². The number of hydrogen-bond donors (Lipinski definition) is 1. The van der Waals surface area contributed by atoms with E-state index in [2.05, 4.69) is 25.3 Å². The number of aromatic nitrogens is 6. The summed E-state index contributed by atoms with van der Waals surface area (Å²) < 4.78 is 7.60. The van der Waals surface area contributed by atoms with E-state index in [4.69, 9.17) is 4.74 Å². The Morgan fingerprint density at radius 3 is 3.04 bits per heavy atom. The first-order valence-electron chi connectivity index (χ1n) is 9.46. The van der Waals surface area contributed by atoms with E-state index in [0.717, 1.165) is 29.1 Å². The van der Waals surface area contributed by atoms with E-state index in [1.54, 1.807) is 18.6 Å². The van der Waals surface area contributed by atoms with Gasteiger partial charge in [0.15, 0.2) is 0 Å². The molecule has 1 fully saturated rings. The molecule has 3 aromatic heterocycles. The number of aromatic amines is 1. The van der Waals surface area contributed by atoms with Crippen molar-refractivity contribution in [3.05, 3.63) is 53.0 Å². The molecule has 28 heavy (non-hydrogen) atoms. The summed E-state index contributed by atoms with van der Waals surface area (Å²) in [6.45, 7) is 1.45. The van der Waals surface area contributed by atoms with Gasteiger partial charge < -0.3 is 9.64 Å². The van der Waals surface area contributed by atoms with Gasteiger partial charge in [-0.2, -0.15) is 10.2 Å². The highest BCUT2D eigenvalue weighted by molar-refractivity contribution is 5.92. The first-order valence-corrected chi connectivity index (χ1v) is 9.46. The Kier molecular flexibility index (Phi) is 4.07. The molecule has 1 amide bonds. The monoisotopic (exact) mass is 379 g/mol. The summed E-state index contributed by atoms with van der Waals surface area (Å²) in [7, 11) is 1.93. The van der Waals surface area contributed by atoms with Gasteiger partial charge in [-0.3, -0.25) is 19.6 Å². The van der Waals surface area contributed by atoms with Gasteiger partial charge in [0.1, 0.15) is 18.0 Å². The summed E-state index contributed by atoms with van der Waals surface area (Å²) in [6, 6.07) is 1.90. The third-order valence-corrected chi connectivity index (χ3v) is 5.34. The van der Waals surface area contributed by atoms with Crippen molar-refractivity contribution < 1.29 is 9.53 Å². The maximum atomic E-state index is 12.9. The van der Waals surface area contributed by atoms with Crippen LogP contribution in [0.5, 0.6) is 5.88 Å². The van der Waals surface area contributed by atoms with Crippen LogP contribution in [0.25, 0.3) is 0 Å². The van der Waals surface area contributed by atoms with Crippen LogP contribution < -0.4 is 4.74 Å². The lowest BCUT2D eigenvalue weighted by Crippen LogP contribution is -2.36. The van der Waals surface area contributed by atoms with Crippen molar-refractivity contribution in [2.75, 3.05) is 6.54 Å². The van der Waals surface area contributed by atoms with E-state index in [-0.39, 0.29) is 12.5 Å². The Morgan fingerprint density at radius 2 is 2.25 bits per heavy atom. The van der Waals surface area contributed by atoms with Gasteiger partial charge in [0.2, 0.25) is 5.88 Å². The van der Waals surface area contributed by atoms with E-state index in [0.29, 0.717) is 30.6 Å². The molecule has 1 saturated carbocycles. The van der Waals surface area contributed by atoms with Crippen LogP contribution in [0.3, 0.4) is 0 Å². The molecule has 1 aliphatic carbocycles. The van der Waals surface area contributed by atoms with Gasteiger partial charge in [0, 0.05) is 61.8 Å². The number of nitrogens with zero attached hydrogens (tertiary/aromatic N) is 6. The minimum absolute atomic E-state index is 0.0431. The SMILES string of the molecule is Cn1nc(COc2cnccn2)c2c1CCN(C(=O)c1cc(C3CC3)[nH]n1)C2. The molecule has 0 bridgehead atoms. The Labute approximate surface area is 161 Å². The van der Waals surface area contributed by atoms with Gasteiger partial charge in [-0.05, 0) is 18.9 Å². The van der Waals surface area contributed by atoms with E-state index in [1.807, 2.05) is 22.7 Å². The fourth-order valence-corrected chi connectivity index (χ4v) is 3.67. The molecule has 1 aliphatic heterocycles. The van der Waals surface area contributed by atoms with Gasteiger partial charge in [-0.15, -0.1) is 0 Å². The quantitative estimate of drug-likeness (QED) is 0.722. The lowest BCUT2D eigenvalue weighted by atomic mass is 10.0. The molecule has 0 spiro atoms. The molecule has 4 heterocycles. The number of fused-ring (bicyclic) bond motifs is 1. The van der Waals surface area contributed by atoms with Gasteiger partial charge in [-0.1, -0.05) is 0 Å². The van der Waals surface area contributed by atoms with Crippen LogP contribution in [0.2, 0.25) is 0 Å². The highest BCUT2D eigenvalue weighted by Crippen LogP contribution is 2.39. The van der Waals surface area contributed by atoms with E-state index in [1.165, 1.54) is 12.8 Å². The fourth-order valence-electron chi connectivity index (χ4n) is 3.67. The summed E-state index contributed by atoms with van der Waals surface area (Å²) >= 11 is 0. The number of rotatable bonds is 5. The highest BCUT2D eigenvalue weighted by Gasteiger charge is 2.30. The van der Waals surface area contributed by atoms with Gasteiger partial charge in [-0.25, -0.2) is 4.98 Å². The third-order valence-electron chi connectivity index (χ3n) is 5.34. The maximum absolute atomic E-state index is 12.9. The lowest BCUT2D eigenvalue weighted by molar-refractivity contribution is 0.0726. The summed E-state index contributed by atoms with van der Waals surface area (Å²) in [5.41, 5.74) is 4.57. The number of carbonyl (C=O) groups is 1. The predicted molar refractivity (Wildman–Crippen MR) is 98.6 cm³/mol. The van der Waals surface area contributed by atoms with Crippen LogP contribution in [0.1, 0.15) is 51.9 Å². The van der Waals surface area contributed by atoms with Crippen molar-refractivity contribution in [2.45, 2.75) is 38.3 Å². The first kappa shape index (κ1) is 16.9. The molecule has 0 saturated heterocycles. The lowest BCUT2D eigenvalue weighted by Gasteiger charge is -2.27. The second kappa shape index (κ2) is 6.74. The van der Waals surface area contributed by atoms with Crippen molar-refractivity contribution in [1.82, 2.24) is 34.8 Å². The number of aryl methyl sites for hydroxylation is 1. The van der Waals surface area contributed by atoms with Gasteiger partial charge in [0.25, 0.3) is 5.91 Å². The average molecular weight is 379 g/mol. The smallest absolute Gasteiger partial charge is 0.274 e. The molecular weight excluding hydrogens is 358 g/mol. The number of carbonyl (C=O) groups excluding carboxylic acids is 1. The van der Waals surface area contributed by atoms with Crippen LogP contribution in [0.4, 0.5) is 0 Å². The third kappa shape index (κ3) is 3.12. The maximum Gasteiger partial charge on any atom is 0.274 e. The molecule has 0 atom stereocenters. The Hall–Kier alpha value is -3.23. The van der Waals surface area contributed by atoms with Crippen molar-refractivity contribution in [3.63, 3.8) is 0 Å². The molecular formula is C19H21N7O2. The summed E-state index contributed by atoms with van der Waals surface area (Å²) in [6.07, 6.45) is 7.86. The summed E-state index contributed by atoms with van der Waals surface area (Å²) in [5, 5.41) is 11.8. The zero-order valence-electron chi connectivity index (χ0n) is 15.6. The minimum Gasteiger partial charge on any atom is -0.470 e. The average Bonchev–Trinajstić information content (AvgIpc) is 3.38. The topological polar surface area (TPSA) is 102 Å². The van der Waals surface area contributed by atoms with Crippen molar-refractivity contribution in [1.29, 1.82) is 0 Å². The Bertz CT molecular complexity index is 1010. The van der Waals surface area contributed by atoms with E-state index in [9.17, 15) is 4.79 Å². The number of amides is 1. The van der Waals surface area contributed by atoms with E-state index < -0.39 is 0 Å². The van der Waals surface area contributed by atoms with Crippen LogP contribution in [-0.4, -0.2) is 47.3 Å². The first-order chi connectivity index (χ1) is 13.7. The molecule has 0 radical (unpaired) electrons. The zero-order chi connectivity index (χ0) is 19.1. The molecule has 9 heteroatoms. The zero-order valence-corrected chi connectivity index (χ0v) is 15.6. The number of H-pyrrole nitrogens is 1. The molecule has 5 rings (SSSR count). The fraction of sp³-hybridized carbons (Fsp3) is 0.421. The summed E-state index contributed by atoms with van der Waals surface area (Å²) in [4.78, 5) is 22.9. The Morgan fingerprint density at radius 1 is 1.36 bits per heavy atom. The second-order valence-corrected chi connectivity index (χ2v) is 7.29. The van der Waals surface area contributed by atoms with Crippen molar-refractivity contribution >= 4 is 5.91 Å². The number of nitrogens with one attached hydrogen (secondary N) is 1. The largest absolute Gasteiger partial charge is 0.470 e. The number of hydrogen-bond acceptors (Lipinski definition) is 6. The molecule has 3 aromatic rings. The normalized spacial score (nSPS) is 16.1. The predicted octanol–water partition coefficient (Wildman–Crippen LogP) is 1.59. The van der Waals surface area contributed by atoms with Gasteiger partial charge >= 0.3 is 0 Å². The van der Waals surface area contributed by atoms with Crippen LogP contribution in [-0.2, 0) is 26.6 Å². The van der Waals surface area contributed by atoms with Crippen LogP contribution in [0.15, 0.2) is 24.7 Å². The Balaban J connectivity index is 1.33. The molecule has 2 aliphatic rings. The minimum atomic E-state index is -0.0431. The number of ether oxygens (including phenoxy) is 1. The van der Waals surface area contributed by atoms with Crippen LogP contribution >= 0.6 is 0 Å². The molecule has 1 N–H and O–H groups in total. The molecule has 0 unspecified atom stereocenters. The summed E-state index contributed by atoms with van der Waals surface area (Å²) in [5.74, 6) is 0.957. The molecule has 0 aromatic carbocycles.